The SMILES string of the molecule is CN=C(NCCc1ccc(OCC(C)C)cc1)NC1CCN(c2ccc(C)cn2)CC1. The Hall–Kier alpha value is -2.76. The number of guanidine groups is 1. The number of hydrogen-bond donors (Lipinski definition) is 2. The van der Waals surface area contributed by atoms with E-state index in [2.05, 4.69) is 82.7 Å². The largest absolute Gasteiger partial charge is 0.493 e. The fourth-order valence-corrected chi connectivity index (χ4v) is 3.63. The number of hydrogen-bond acceptors (Lipinski definition) is 4. The van der Waals surface area contributed by atoms with Crippen LogP contribution in [0, 0.1) is 12.8 Å². The molecule has 0 bridgehead atoms. The van der Waals surface area contributed by atoms with E-state index < -0.39 is 0 Å². The lowest BCUT2D eigenvalue weighted by Crippen LogP contribution is -2.49. The number of aliphatic imine (C=N–C) groups is 1. The highest BCUT2D eigenvalue weighted by Crippen LogP contribution is 2.18. The van der Waals surface area contributed by atoms with Crippen molar-refractivity contribution >= 4 is 11.8 Å². The molecule has 0 radical (unpaired) electrons. The molecule has 6 heteroatoms. The fraction of sp³-hybridized carbons (Fsp3) is 0.520. The zero-order valence-electron chi connectivity index (χ0n) is 19.4. The van der Waals surface area contributed by atoms with Gasteiger partial charge in [0.2, 0.25) is 0 Å². The molecule has 6 nitrogen and oxygen atoms in total. The molecule has 0 atom stereocenters. The molecule has 1 aromatic carbocycles. The van der Waals surface area contributed by atoms with E-state index in [-0.39, 0.29) is 0 Å². The maximum atomic E-state index is 5.76. The number of pyridine rings is 1. The van der Waals surface area contributed by atoms with Crippen molar-refractivity contribution in [2.75, 3.05) is 38.2 Å². The molecule has 2 aromatic rings. The van der Waals surface area contributed by atoms with Crippen molar-refractivity contribution in [3.8, 4) is 5.75 Å². The summed E-state index contributed by atoms with van der Waals surface area (Å²) in [6.07, 6.45) is 5.04. The topological polar surface area (TPSA) is 61.8 Å². The van der Waals surface area contributed by atoms with Crippen LogP contribution >= 0.6 is 0 Å². The molecule has 2 N–H and O–H groups in total. The minimum Gasteiger partial charge on any atom is -0.493 e. The molecule has 0 unspecified atom stereocenters. The van der Waals surface area contributed by atoms with Gasteiger partial charge in [-0.3, -0.25) is 4.99 Å². The van der Waals surface area contributed by atoms with Gasteiger partial charge in [-0.05, 0) is 61.4 Å². The van der Waals surface area contributed by atoms with Crippen LogP contribution in [0.5, 0.6) is 5.75 Å². The predicted molar refractivity (Wildman–Crippen MR) is 129 cm³/mol. The summed E-state index contributed by atoms with van der Waals surface area (Å²) >= 11 is 0. The first-order valence-electron chi connectivity index (χ1n) is 11.4. The lowest BCUT2D eigenvalue weighted by atomic mass is 10.1. The summed E-state index contributed by atoms with van der Waals surface area (Å²) in [6.45, 7) is 10.0. The van der Waals surface area contributed by atoms with Crippen LogP contribution in [0.1, 0.15) is 37.8 Å². The van der Waals surface area contributed by atoms with Crippen molar-refractivity contribution in [1.82, 2.24) is 15.6 Å². The first kappa shape index (κ1) is 22.9. The highest BCUT2D eigenvalue weighted by atomic mass is 16.5. The van der Waals surface area contributed by atoms with Crippen molar-refractivity contribution in [1.29, 1.82) is 0 Å². The summed E-state index contributed by atoms with van der Waals surface area (Å²) < 4.78 is 5.76. The fourth-order valence-electron chi connectivity index (χ4n) is 3.63. The van der Waals surface area contributed by atoms with Gasteiger partial charge in [0.05, 0.1) is 6.61 Å². The van der Waals surface area contributed by atoms with Gasteiger partial charge in [-0.15, -0.1) is 0 Å². The van der Waals surface area contributed by atoms with E-state index in [9.17, 15) is 0 Å². The molecular formula is C25H37N5O. The Bertz CT molecular complexity index is 809. The van der Waals surface area contributed by atoms with Gasteiger partial charge in [-0.25, -0.2) is 4.98 Å². The summed E-state index contributed by atoms with van der Waals surface area (Å²) in [5.41, 5.74) is 2.49. The monoisotopic (exact) mass is 423 g/mol. The zero-order chi connectivity index (χ0) is 22.1. The Balaban J connectivity index is 1.37. The van der Waals surface area contributed by atoms with Gasteiger partial charge in [0.15, 0.2) is 5.96 Å². The van der Waals surface area contributed by atoms with E-state index >= 15 is 0 Å². The van der Waals surface area contributed by atoms with Crippen LogP contribution in [0.15, 0.2) is 47.6 Å². The van der Waals surface area contributed by atoms with Crippen LogP contribution in [0.3, 0.4) is 0 Å². The Morgan fingerprint density at radius 3 is 2.52 bits per heavy atom. The second-order valence-corrected chi connectivity index (χ2v) is 8.70. The van der Waals surface area contributed by atoms with Crippen LogP contribution < -0.4 is 20.3 Å². The highest BCUT2D eigenvalue weighted by molar-refractivity contribution is 5.80. The number of aryl methyl sites for hydroxylation is 1. The molecule has 2 heterocycles. The van der Waals surface area contributed by atoms with Gasteiger partial charge in [-0.1, -0.05) is 32.0 Å². The third-order valence-corrected chi connectivity index (χ3v) is 5.49. The van der Waals surface area contributed by atoms with Gasteiger partial charge in [-0.2, -0.15) is 0 Å². The number of aromatic nitrogens is 1. The lowest BCUT2D eigenvalue weighted by molar-refractivity contribution is 0.271. The van der Waals surface area contributed by atoms with E-state index in [0.29, 0.717) is 12.0 Å². The molecule has 31 heavy (non-hydrogen) atoms. The molecule has 0 spiro atoms. The first-order valence-corrected chi connectivity index (χ1v) is 11.4. The standard InChI is InChI=1S/C25H37N5O/c1-19(2)18-31-23-8-6-21(7-9-23)11-14-27-25(26-4)29-22-12-15-30(16-13-22)24-10-5-20(3)17-28-24/h5-10,17,19,22H,11-16,18H2,1-4H3,(H2,26,27,29). The van der Waals surface area contributed by atoms with Crippen molar-refractivity contribution in [2.24, 2.45) is 10.9 Å². The molecule has 1 saturated heterocycles. The van der Waals surface area contributed by atoms with Crippen LogP contribution in [0.2, 0.25) is 0 Å². The average Bonchev–Trinajstić information content (AvgIpc) is 2.79. The van der Waals surface area contributed by atoms with Gasteiger partial charge in [0.25, 0.3) is 0 Å². The quantitative estimate of drug-likeness (QED) is 0.500. The van der Waals surface area contributed by atoms with Gasteiger partial charge < -0.3 is 20.3 Å². The molecule has 1 fully saturated rings. The molecule has 0 saturated carbocycles. The predicted octanol–water partition coefficient (Wildman–Crippen LogP) is 3.80. The summed E-state index contributed by atoms with van der Waals surface area (Å²) in [5.74, 6) is 3.43. The Kier molecular flexibility index (Phi) is 8.56. The minimum absolute atomic E-state index is 0.435. The Morgan fingerprint density at radius 1 is 1.16 bits per heavy atom. The molecule has 0 amide bonds. The van der Waals surface area contributed by atoms with Gasteiger partial charge in [0, 0.05) is 38.9 Å². The van der Waals surface area contributed by atoms with E-state index in [1.807, 2.05) is 13.2 Å². The number of ether oxygens (including phenoxy) is 1. The average molecular weight is 424 g/mol. The molecule has 1 aliphatic rings. The summed E-state index contributed by atoms with van der Waals surface area (Å²) in [6, 6.07) is 13.1. The van der Waals surface area contributed by atoms with E-state index in [4.69, 9.17) is 4.74 Å². The molecule has 0 aliphatic carbocycles. The van der Waals surface area contributed by atoms with E-state index in [1.165, 1.54) is 11.1 Å². The number of piperidine rings is 1. The third kappa shape index (κ3) is 7.46. The summed E-state index contributed by atoms with van der Waals surface area (Å²) in [5, 5.41) is 7.03. The van der Waals surface area contributed by atoms with Crippen LogP contribution in [-0.4, -0.2) is 50.3 Å². The van der Waals surface area contributed by atoms with Crippen LogP contribution in [0.4, 0.5) is 5.82 Å². The normalized spacial score (nSPS) is 15.3. The van der Waals surface area contributed by atoms with Crippen LogP contribution in [0.25, 0.3) is 0 Å². The number of nitrogens with one attached hydrogen (secondary N) is 2. The number of rotatable bonds is 8. The number of benzene rings is 1. The molecule has 3 rings (SSSR count). The van der Waals surface area contributed by atoms with E-state index in [0.717, 1.165) is 63.0 Å². The maximum absolute atomic E-state index is 5.76. The minimum atomic E-state index is 0.435. The van der Waals surface area contributed by atoms with Crippen molar-refractivity contribution < 1.29 is 4.74 Å². The van der Waals surface area contributed by atoms with Crippen molar-refractivity contribution in [3.05, 3.63) is 53.7 Å². The van der Waals surface area contributed by atoms with Gasteiger partial charge in [0.1, 0.15) is 11.6 Å². The molecular weight excluding hydrogens is 386 g/mol. The summed E-state index contributed by atoms with van der Waals surface area (Å²) in [7, 11) is 1.83. The molecule has 168 valence electrons. The van der Waals surface area contributed by atoms with Gasteiger partial charge >= 0.3 is 0 Å². The Labute approximate surface area is 187 Å². The number of anilines is 1. The zero-order valence-corrected chi connectivity index (χ0v) is 19.4. The lowest BCUT2D eigenvalue weighted by Gasteiger charge is -2.33. The highest BCUT2D eigenvalue weighted by Gasteiger charge is 2.20. The smallest absolute Gasteiger partial charge is 0.191 e. The molecule has 1 aliphatic heterocycles. The van der Waals surface area contributed by atoms with Crippen molar-refractivity contribution in [3.63, 3.8) is 0 Å². The van der Waals surface area contributed by atoms with Crippen LogP contribution in [-0.2, 0) is 6.42 Å². The van der Waals surface area contributed by atoms with Crippen molar-refractivity contribution in [2.45, 2.75) is 46.1 Å². The van der Waals surface area contributed by atoms with E-state index in [1.54, 1.807) is 0 Å². The second-order valence-electron chi connectivity index (χ2n) is 8.70. The maximum Gasteiger partial charge on any atom is 0.191 e. The molecule has 1 aromatic heterocycles. The second kappa shape index (κ2) is 11.6. The first-order chi connectivity index (χ1) is 15.0. The third-order valence-electron chi connectivity index (χ3n) is 5.49. The summed E-state index contributed by atoms with van der Waals surface area (Å²) in [4.78, 5) is 11.3. The Morgan fingerprint density at radius 2 is 1.90 bits per heavy atom. The number of nitrogens with zero attached hydrogens (tertiary/aromatic N) is 3.